The normalized spacial score (nSPS) is 10.5. The summed E-state index contributed by atoms with van der Waals surface area (Å²) in [5.41, 5.74) is 6.23. The standard InChI is InChI=1S/C21H25NO3S/c1-14-6-8-19(17(4)9-14)22-20(23)12-26-13-21(24)25-11-18-10-15(2)5-7-16(18)3/h5-10H,11-13H2,1-4H3,(H,22,23). The van der Waals surface area contributed by atoms with E-state index in [9.17, 15) is 9.59 Å². The third kappa shape index (κ3) is 6.23. The predicted octanol–water partition coefficient (Wildman–Crippen LogP) is 4.34. The lowest BCUT2D eigenvalue weighted by Crippen LogP contribution is -2.17. The largest absolute Gasteiger partial charge is 0.460 e. The van der Waals surface area contributed by atoms with Crippen molar-refractivity contribution in [3.8, 4) is 0 Å². The van der Waals surface area contributed by atoms with Gasteiger partial charge in [-0.3, -0.25) is 9.59 Å². The van der Waals surface area contributed by atoms with Crippen molar-refractivity contribution >= 4 is 29.3 Å². The molecule has 0 unspecified atom stereocenters. The highest BCUT2D eigenvalue weighted by Crippen LogP contribution is 2.17. The second-order valence-corrected chi connectivity index (χ2v) is 7.44. The number of rotatable bonds is 7. The molecule has 1 N–H and O–H groups in total. The molecule has 2 rings (SSSR count). The Morgan fingerprint density at radius 2 is 1.62 bits per heavy atom. The number of aryl methyl sites for hydroxylation is 4. The minimum absolute atomic E-state index is 0.121. The molecule has 0 atom stereocenters. The van der Waals surface area contributed by atoms with Crippen LogP contribution in [0, 0.1) is 27.7 Å². The highest BCUT2D eigenvalue weighted by molar-refractivity contribution is 8.00. The van der Waals surface area contributed by atoms with Gasteiger partial charge >= 0.3 is 5.97 Å². The molecule has 138 valence electrons. The first-order valence-corrected chi connectivity index (χ1v) is 9.67. The van der Waals surface area contributed by atoms with Crippen molar-refractivity contribution in [2.24, 2.45) is 0 Å². The van der Waals surface area contributed by atoms with E-state index in [1.807, 2.05) is 64.1 Å². The monoisotopic (exact) mass is 371 g/mol. The van der Waals surface area contributed by atoms with E-state index in [2.05, 4.69) is 5.32 Å². The van der Waals surface area contributed by atoms with Crippen molar-refractivity contribution in [2.75, 3.05) is 16.8 Å². The zero-order valence-electron chi connectivity index (χ0n) is 15.7. The Morgan fingerprint density at radius 3 is 2.35 bits per heavy atom. The van der Waals surface area contributed by atoms with Crippen molar-refractivity contribution in [1.29, 1.82) is 0 Å². The highest BCUT2D eigenvalue weighted by Gasteiger charge is 2.09. The van der Waals surface area contributed by atoms with Crippen LogP contribution in [0.15, 0.2) is 36.4 Å². The first-order chi connectivity index (χ1) is 12.3. The average molecular weight is 372 g/mol. The molecule has 26 heavy (non-hydrogen) atoms. The molecule has 0 saturated carbocycles. The summed E-state index contributed by atoms with van der Waals surface area (Å²) in [7, 11) is 0. The molecular formula is C21H25NO3S. The van der Waals surface area contributed by atoms with E-state index in [0.29, 0.717) is 0 Å². The van der Waals surface area contributed by atoms with Crippen LogP contribution in [0.3, 0.4) is 0 Å². The maximum Gasteiger partial charge on any atom is 0.316 e. The van der Waals surface area contributed by atoms with Gasteiger partial charge in [-0.15, -0.1) is 11.8 Å². The SMILES string of the molecule is Cc1ccc(NC(=O)CSCC(=O)OCc2cc(C)ccc2C)c(C)c1. The molecular weight excluding hydrogens is 346 g/mol. The fraction of sp³-hybridized carbons (Fsp3) is 0.333. The molecule has 5 heteroatoms. The fourth-order valence-corrected chi connectivity index (χ4v) is 3.13. The first kappa shape index (κ1) is 20.0. The lowest BCUT2D eigenvalue weighted by atomic mass is 10.1. The van der Waals surface area contributed by atoms with Crippen LogP contribution in [0.5, 0.6) is 0 Å². The van der Waals surface area contributed by atoms with Gasteiger partial charge in [0.15, 0.2) is 0 Å². The average Bonchev–Trinajstić information content (AvgIpc) is 2.58. The van der Waals surface area contributed by atoms with E-state index >= 15 is 0 Å². The molecule has 0 aliphatic rings. The Morgan fingerprint density at radius 1 is 0.923 bits per heavy atom. The maximum absolute atomic E-state index is 12.0. The molecule has 1 amide bonds. The van der Waals surface area contributed by atoms with Gasteiger partial charge in [0.05, 0.1) is 11.5 Å². The molecule has 0 aromatic heterocycles. The van der Waals surface area contributed by atoms with E-state index in [1.54, 1.807) is 0 Å². The van der Waals surface area contributed by atoms with Gasteiger partial charge in [-0.05, 0) is 50.5 Å². The summed E-state index contributed by atoms with van der Waals surface area (Å²) < 4.78 is 5.30. The summed E-state index contributed by atoms with van der Waals surface area (Å²) in [4.78, 5) is 23.9. The van der Waals surface area contributed by atoms with Crippen LogP contribution in [0.25, 0.3) is 0 Å². The van der Waals surface area contributed by atoms with Gasteiger partial charge in [0.25, 0.3) is 0 Å². The smallest absolute Gasteiger partial charge is 0.316 e. The molecule has 0 radical (unpaired) electrons. The Labute approximate surface area is 159 Å². The third-order valence-electron chi connectivity index (χ3n) is 4.00. The molecule has 4 nitrogen and oxygen atoms in total. The van der Waals surface area contributed by atoms with E-state index in [0.717, 1.165) is 33.5 Å². The minimum Gasteiger partial charge on any atom is -0.460 e. The van der Waals surface area contributed by atoms with Gasteiger partial charge in [-0.25, -0.2) is 0 Å². The predicted molar refractivity (Wildman–Crippen MR) is 108 cm³/mol. The Balaban J connectivity index is 1.72. The zero-order valence-corrected chi connectivity index (χ0v) is 16.5. The van der Waals surface area contributed by atoms with Gasteiger partial charge in [-0.2, -0.15) is 0 Å². The number of benzene rings is 2. The topological polar surface area (TPSA) is 55.4 Å². The first-order valence-electron chi connectivity index (χ1n) is 8.52. The van der Waals surface area contributed by atoms with Crippen LogP contribution in [0.2, 0.25) is 0 Å². The lowest BCUT2D eigenvalue weighted by Gasteiger charge is -2.10. The number of amides is 1. The van der Waals surface area contributed by atoms with Gasteiger partial charge in [0.2, 0.25) is 5.91 Å². The van der Waals surface area contributed by atoms with Gasteiger partial charge < -0.3 is 10.1 Å². The second kappa shape index (κ2) is 9.43. The summed E-state index contributed by atoms with van der Waals surface area (Å²) in [5, 5.41) is 2.87. The van der Waals surface area contributed by atoms with E-state index < -0.39 is 0 Å². The number of carbonyl (C=O) groups is 2. The second-order valence-electron chi connectivity index (χ2n) is 6.45. The fourth-order valence-electron chi connectivity index (χ4n) is 2.52. The molecule has 0 spiro atoms. The van der Waals surface area contributed by atoms with Crippen LogP contribution >= 0.6 is 11.8 Å². The Bertz CT molecular complexity index is 802. The maximum atomic E-state index is 12.0. The van der Waals surface area contributed by atoms with Crippen LogP contribution in [0.1, 0.15) is 27.8 Å². The Kier molecular flexibility index (Phi) is 7.27. The molecule has 0 aliphatic heterocycles. The van der Waals surface area contributed by atoms with E-state index in [4.69, 9.17) is 4.74 Å². The molecule has 0 bridgehead atoms. The highest BCUT2D eigenvalue weighted by atomic mass is 32.2. The van der Waals surface area contributed by atoms with Crippen molar-refractivity contribution < 1.29 is 14.3 Å². The molecule has 0 heterocycles. The molecule has 2 aromatic rings. The zero-order chi connectivity index (χ0) is 19.1. The Hall–Kier alpha value is -2.27. The summed E-state index contributed by atoms with van der Waals surface area (Å²) in [6, 6.07) is 11.9. The number of thioether (sulfide) groups is 1. The minimum atomic E-state index is -0.310. The van der Waals surface area contributed by atoms with E-state index in [1.165, 1.54) is 11.8 Å². The van der Waals surface area contributed by atoms with Gasteiger partial charge in [-0.1, -0.05) is 41.5 Å². The number of anilines is 1. The summed E-state index contributed by atoms with van der Waals surface area (Å²) >= 11 is 1.25. The van der Waals surface area contributed by atoms with Gasteiger partial charge in [0.1, 0.15) is 6.61 Å². The van der Waals surface area contributed by atoms with Crippen molar-refractivity contribution in [1.82, 2.24) is 0 Å². The lowest BCUT2D eigenvalue weighted by molar-refractivity contribution is -0.141. The number of carbonyl (C=O) groups excluding carboxylic acids is 2. The summed E-state index contributed by atoms with van der Waals surface area (Å²) in [6.07, 6.45) is 0. The molecule has 0 fully saturated rings. The molecule has 0 saturated heterocycles. The number of nitrogens with one attached hydrogen (secondary N) is 1. The van der Waals surface area contributed by atoms with Crippen molar-refractivity contribution in [3.05, 3.63) is 64.2 Å². The number of hydrogen-bond donors (Lipinski definition) is 1. The molecule has 2 aromatic carbocycles. The third-order valence-corrected chi connectivity index (χ3v) is 4.91. The van der Waals surface area contributed by atoms with Crippen LogP contribution < -0.4 is 5.32 Å². The molecule has 0 aliphatic carbocycles. The summed E-state index contributed by atoms with van der Waals surface area (Å²) in [5.74, 6) is -0.0589. The van der Waals surface area contributed by atoms with Gasteiger partial charge in [0, 0.05) is 5.69 Å². The number of hydrogen-bond acceptors (Lipinski definition) is 4. The van der Waals surface area contributed by atoms with Crippen LogP contribution in [0.4, 0.5) is 5.69 Å². The quantitative estimate of drug-likeness (QED) is 0.736. The van der Waals surface area contributed by atoms with E-state index in [-0.39, 0.29) is 30.0 Å². The van der Waals surface area contributed by atoms with Crippen molar-refractivity contribution in [3.63, 3.8) is 0 Å². The summed E-state index contributed by atoms with van der Waals surface area (Å²) in [6.45, 7) is 8.24. The number of esters is 1. The van der Waals surface area contributed by atoms with Crippen molar-refractivity contribution in [2.45, 2.75) is 34.3 Å². The van der Waals surface area contributed by atoms with Crippen LogP contribution in [-0.4, -0.2) is 23.4 Å². The number of ether oxygens (including phenoxy) is 1. The van der Waals surface area contributed by atoms with Crippen LogP contribution in [-0.2, 0) is 20.9 Å².